The third-order valence-corrected chi connectivity index (χ3v) is 5.34. The number of nitrogens with zero attached hydrogens (tertiary/aromatic N) is 3. The minimum Gasteiger partial charge on any atom is -0.493 e. The molecule has 8 heteroatoms. The summed E-state index contributed by atoms with van der Waals surface area (Å²) in [4.78, 5) is 28.7. The van der Waals surface area contributed by atoms with Gasteiger partial charge in [-0.1, -0.05) is 19.0 Å². The van der Waals surface area contributed by atoms with E-state index in [1.54, 1.807) is 30.2 Å². The van der Waals surface area contributed by atoms with Crippen LogP contribution in [0.5, 0.6) is 11.5 Å². The van der Waals surface area contributed by atoms with Gasteiger partial charge in [0.15, 0.2) is 11.5 Å². The standard InChI is InChI=1S/C22H29N3O5/c1-14(2)21(26)24-8-10-25(11-9-24)22(27)17-6-7-19(20(12-17)28-5)29-13-18-15(3)23-30-16(18)4/h6-7,12,14H,8-11,13H2,1-5H3. The molecular formula is C22H29N3O5. The van der Waals surface area contributed by atoms with Crippen LogP contribution in [0.2, 0.25) is 0 Å². The monoisotopic (exact) mass is 415 g/mol. The molecule has 1 aliphatic heterocycles. The maximum absolute atomic E-state index is 12.9. The quantitative estimate of drug-likeness (QED) is 0.721. The van der Waals surface area contributed by atoms with Crippen molar-refractivity contribution in [3.63, 3.8) is 0 Å². The van der Waals surface area contributed by atoms with Gasteiger partial charge in [-0.05, 0) is 32.0 Å². The van der Waals surface area contributed by atoms with Gasteiger partial charge in [-0.3, -0.25) is 9.59 Å². The Balaban J connectivity index is 1.65. The zero-order chi connectivity index (χ0) is 21.8. The summed E-state index contributed by atoms with van der Waals surface area (Å²) in [7, 11) is 1.54. The van der Waals surface area contributed by atoms with Crippen molar-refractivity contribution in [1.82, 2.24) is 15.0 Å². The molecule has 1 aromatic heterocycles. The lowest BCUT2D eigenvalue weighted by atomic mass is 10.1. The fourth-order valence-electron chi connectivity index (χ4n) is 3.46. The Morgan fingerprint density at radius 3 is 2.33 bits per heavy atom. The van der Waals surface area contributed by atoms with E-state index < -0.39 is 0 Å². The van der Waals surface area contributed by atoms with Crippen molar-refractivity contribution in [3.8, 4) is 11.5 Å². The Bertz CT molecular complexity index is 894. The van der Waals surface area contributed by atoms with E-state index >= 15 is 0 Å². The zero-order valence-corrected chi connectivity index (χ0v) is 18.2. The Kier molecular flexibility index (Phi) is 6.64. The van der Waals surface area contributed by atoms with Gasteiger partial charge >= 0.3 is 0 Å². The van der Waals surface area contributed by atoms with E-state index in [9.17, 15) is 9.59 Å². The highest BCUT2D eigenvalue weighted by atomic mass is 16.5. The molecule has 162 valence electrons. The average molecular weight is 415 g/mol. The van der Waals surface area contributed by atoms with Crippen LogP contribution in [-0.2, 0) is 11.4 Å². The van der Waals surface area contributed by atoms with E-state index in [-0.39, 0.29) is 17.7 Å². The van der Waals surface area contributed by atoms with Gasteiger partial charge in [-0.15, -0.1) is 0 Å². The molecule has 3 rings (SSSR count). The van der Waals surface area contributed by atoms with Crippen molar-refractivity contribution in [3.05, 3.63) is 40.8 Å². The number of ether oxygens (including phenoxy) is 2. The van der Waals surface area contributed by atoms with Gasteiger partial charge in [0.1, 0.15) is 12.4 Å². The minimum absolute atomic E-state index is 0.0329. The predicted molar refractivity (Wildman–Crippen MR) is 111 cm³/mol. The second kappa shape index (κ2) is 9.19. The Morgan fingerprint density at radius 2 is 1.77 bits per heavy atom. The van der Waals surface area contributed by atoms with Crippen molar-refractivity contribution >= 4 is 11.8 Å². The first kappa shape index (κ1) is 21.7. The summed E-state index contributed by atoms with van der Waals surface area (Å²) in [5.41, 5.74) is 2.21. The van der Waals surface area contributed by atoms with Crippen LogP contribution >= 0.6 is 0 Å². The number of hydrogen-bond acceptors (Lipinski definition) is 6. The van der Waals surface area contributed by atoms with Gasteiger partial charge in [0.25, 0.3) is 5.91 Å². The molecule has 0 radical (unpaired) electrons. The normalized spacial score (nSPS) is 14.2. The number of aryl methyl sites for hydroxylation is 2. The molecule has 1 aromatic carbocycles. The topological polar surface area (TPSA) is 85.1 Å². The molecule has 2 aromatic rings. The maximum atomic E-state index is 12.9. The number of hydrogen-bond donors (Lipinski definition) is 0. The molecule has 0 spiro atoms. The third-order valence-electron chi connectivity index (χ3n) is 5.34. The Hall–Kier alpha value is -3.03. The second-order valence-corrected chi connectivity index (χ2v) is 7.73. The molecule has 0 unspecified atom stereocenters. The number of piperazine rings is 1. The highest BCUT2D eigenvalue weighted by molar-refractivity contribution is 5.95. The number of carbonyl (C=O) groups is 2. The maximum Gasteiger partial charge on any atom is 0.254 e. The van der Waals surface area contributed by atoms with Crippen molar-refractivity contribution in [1.29, 1.82) is 0 Å². The zero-order valence-electron chi connectivity index (χ0n) is 18.2. The predicted octanol–water partition coefficient (Wildman–Crippen LogP) is 2.82. The lowest BCUT2D eigenvalue weighted by Gasteiger charge is -2.35. The van der Waals surface area contributed by atoms with Crippen LogP contribution in [0, 0.1) is 19.8 Å². The van der Waals surface area contributed by atoms with Crippen LogP contribution in [0.4, 0.5) is 0 Å². The number of rotatable bonds is 6. The third kappa shape index (κ3) is 4.58. The van der Waals surface area contributed by atoms with Crippen LogP contribution in [0.25, 0.3) is 0 Å². The molecule has 0 saturated carbocycles. The molecule has 1 aliphatic rings. The first-order valence-corrected chi connectivity index (χ1v) is 10.1. The van der Waals surface area contributed by atoms with Gasteiger partial charge in [0.2, 0.25) is 5.91 Å². The summed E-state index contributed by atoms with van der Waals surface area (Å²) in [6, 6.07) is 5.17. The lowest BCUT2D eigenvalue weighted by Crippen LogP contribution is -2.51. The highest BCUT2D eigenvalue weighted by Gasteiger charge is 2.26. The SMILES string of the molecule is COc1cc(C(=O)N2CCN(C(=O)C(C)C)CC2)ccc1OCc1c(C)noc1C. The van der Waals surface area contributed by atoms with Crippen LogP contribution in [0.1, 0.15) is 41.2 Å². The van der Waals surface area contributed by atoms with E-state index in [1.807, 2.05) is 32.6 Å². The van der Waals surface area contributed by atoms with Gasteiger partial charge in [0, 0.05) is 37.7 Å². The summed E-state index contributed by atoms with van der Waals surface area (Å²) in [6.45, 7) is 9.93. The van der Waals surface area contributed by atoms with E-state index in [1.165, 1.54) is 0 Å². The van der Waals surface area contributed by atoms with Crippen molar-refractivity contribution in [2.24, 2.45) is 5.92 Å². The molecule has 0 N–H and O–H groups in total. The molecule has 2 amide bonds. The average Bonchev–Trinajstić information content (AvgIpc) is 3.08. The summed E-state index contributed by atoms with van der Waals surface area (Å²) in [6.07, 6.45) is 0. The van der Waals surface area contributed by atoms with Gasteiger partial charge in [-0.2, -0.15) is 0 Å². The van der Waals surface area contributed by atoms with E-state index in [4.69, 9.17) is 14.0 Å². The summed E-state index contributed by atoms with van der Waals surface area (Å²) in [5.74, 6) is 1.76. The van der Waals surface area contributed by atoms with Crippen LogP contribution in [-0.4, -0.2) is 60.1 Å². The van der Waals surface area contributed by atoms with Crippen LogP contribution in [0.15, 0.2) is 22.7 Å². The van der Waals surface area contributed by atoms with Crippen LogP contribution in [0.3, 0.4) is 0 Å². The largest absolute Gasteiger partial charge is 0.493 e. The number of amides is 2. The first-order valence-electron chi connectivity index (χ1n) is 10.1. The smallest absolute Gasteiger partial charge is 0.254 e. The lowest BCUT2D eigenvalue weighted by molar-refractivity contribution is -0.135. The van der Waals surface area contributed by atoms with E-state index in [0.717, 1.165) is 11.3 Å². The number of aromatic nitrogens is 1. The molecule has 2 heterocycles. The van der Waals surface area contributed by atoms with E-state index in [0.29, 0.717) is 55.6 Å². The molecule has 0 atom stereocenters. The van der Waals surface area contributed by atoms with Gasteiger partial charge in [-0.25, -0.2) is 0 Å². The van der Waals surface area contributed by atoms with Crippen LogP contribution < -0.4 is 9.47 Å². The van der Waals surface area contributed by atoms with Crippen molar-refractivity contribution in [2.45, 2.75) is 34.3 Å². The van der Waals surface area contributed by atoms with Gasteiger partial charge < -0.3 is 23.8 Å². The fourth-order valence-corrected chi connectivity index (χ4v) is 3.46. The first-order chi connectivity index (χ1) is 14.3. The summed E-state index contributed by atoms with van der Waals surface area (Å²) < 4.78 is 16.5. The second-order valence-electron chi connectivity index (χ2n) is 7.73. The molecule has 30 heavy (non-hydrogen) atoms. The number of benzene rings is 1. The molecule has 0 bridgehead atoms. The molecule has 8 nitrogen and oxygen atoms in total. The van der Waals surface area contributed by atoms with E-state index in [2.05, 4.69) is 5.16 Å². The Morgan fingerprint density at radius 1 is 1.10 bits per heavy atom. The molecule has 1 saturated heterocycles. The molecule has 1 fully saturated rings. The number of carbonyl (C=O) groups excluding carboxylic acids is 2. The summed E-state index contributed by atoms with van der Waals surface area (Å²) in [5, 5.41) is 3.92. The Labute approximate surface area is 176 Å². The molecular weight excluding hydrogens is 386 g/mol. The fraction of sp³-hybridized carbons (Fsp3) is 0.500. The minimum atomic E-state index is -0.0813. The summed E-state index contributed by atoms with van der Waals surface area (Å²) >= 11 is 0. The van der Waals surface area contributed by atoms with Crippen molar-refractivity contribution < 1.29 is 23.6 Å². The molecule has 0 aliphatic carbocycles. The highest BCUT2D eigenvalue weighted by Crippen LogP contribution is 2.30. The van der Waals surface area contributed by atoms with Gasteiger partial charge in [0.05, 0.1) is 18.4 Å². The number of methoxy groups -OCH3 is 1. The van der Waals surface area contributed by atoms with Crippen molar-refractivity contribution in [2.75, 3.05) is 33.3 Å².